The zero-order valence-corrected chi connectivity index (χ0v) is 11.9. The minimum Gasteiger partial charge on any atom is -0.309 e. The Balaban J connectivity index is 2.21. The number of aromatic nitrogens is 2. The predicted octanol–water partition coefficient (Wildman–Crippen LogP) is 3.05. The van der Waals surface area contributed by atoms with Crippen LogP contribution in [0.2, 0.25) is 0 Å². The van der Waals surface area contributed by atoms with Crippen LogP contribution in [0.1, 0.15) is 34.5 Å². The highest BCUT2D eigenvalue weighted by atomic mass is 32.1. The summed E-state index contributed by atoms with van der Waals surface area (Å²) in [6.45, 7) is 7.39. The van der Waals surface area contributed by atoms with Gasteiger partial charge in [-0.1, -0.05) is 35.2 Å². The van der Waals surface area contributed by atoms with E-state index in [0.717, 1.165) is 13.0 Å². The van der Waals surface area contributed by atoms with Crippen LogP contribution in [0.25, 0.3) is 0 Å². The van der Waals surface area contributed by atoms with Gasteiger partial charge in [0.25, 0.3) is 0 Å². The molecule has 0 saturated carbocycles. The Morgan fingerprint density at radius 3 is 2.83 bits per heavy atom. The van der Waals surface area contributed by atoms with E-state index in [4.69, 9.17) is 0 Å². The lowest BCUT2D eigenvalue weighted by molar-refractivity contribution is 0.556. The lowest BCUT2D eigenvalue weighted by Gasteiger charge is -2.17. The average Bonchev–Trinajstić information content (AvgIpc) is 2.87. The third kappa shape index (κ3) is 3.15. The minimum atomic E-state index is 0.315. The van der Waals surface area contributed by atoms with Crippen molar-refractivity contribution in [3.8, 4) is 0 Å². The summed E-state index contributed by atoms with van der Waals surface area (Å²) in [6.07, 6.45) is 2.86. The maximum Gasteiger partial charge on any atom is 0.0669 e. The molecule has 18 heavy (non-hydrogen) atoms. The van der Waals surface area contributed by atoms with Crippen molar-refractivity contribution in [2.45, 2.75) is 33.2 Å². The number of likely N-dealkylation sites (N-methyl/N-ethyl adjacent to an activating group) is 1. The molecule has 4 heteroatoms. The standard InChI is InChI=1S/C14H19N3S/c1-4-15-13(14-9-16-17-18-14)8-12-7-10(2)5-6-11(12)3/h5-7,9,13,15H,4,8H2,1-3H3. The normalized spacial score (nSPS) is 12.6. The molecule has 1 aromatic heterocycles. The van der Waals surface area contributed by atoms with Crippen molar-refractivity contribution in [3.63, 3.8) is 0 Å². The van der Waals surface area contributed by atoms with Crippen molar-refractivity contribution in [3.05, 3.63) is 46.0 Å². The van der Waals surface area contributed by atoms with E-state index in [2.05, 4.69) is 53.9 Å². The van der Waals surface area contributed by atoms with Crippen LogP contribution in [0.4, 0.5) is 0 Å². The molecule has 0 radical (unpaired) electrons. The zero-order valence-electron chi connectivity index (χ0n) is 11.1. The molecule has 0 fully saturated rings. The first-order valence-corrected chi connectivity index (χ1v) is 7.04. The molecule has 0 aliphatic heterocycles. The van der Waals surface area contributed by atoms with Crippen molar-refractivity contribution in [1.82, 2.24) is 14.9 Å². The second-order valence-corrected chi connectivity index (χ2v) is 5.38. The lowest BCUT2D eigenvalue weighted by Crippen LogP contribution is -2.22. The molecule has 1 heterocycles. The molecule has 1 atom stereocenters. The minimum absolute atomic E-state index is 0.315. The van der Waals surface area contributed by atoms with E-state index >= 15 is 0 Å². The fourth-order valence-corrected chi connectivity index (χ4v) is 2.66. The zero-order chi connectivity index (χ0) is 13.0. The fourth-order valence-electron chi connectivity index (χ4n) is 2.09. The number of rotatable bonds is 5. The number of nitrogens with zero attached hydrogens (tertiary/aromatic N) is 2. The molecule has 0 bridgehead atoms. The maximum absolute atomic E-state index is 3.96. The predicted molar refractivity (Wildman–Crippen MR) is 75.9 cm³/mol. The van der Waals surface area contributed by atoms with E-state index in [9.17, 15) is 0 Å². The van der Waals surface area contributed by atoms with Gasteiger partial charge in [0.05, 0.1) is 11.1 Å². The first-order chi connectivity index (χ1) is 8.70. The molecular weight excluding hydrogens is 242 g/mol. The van der Waals surface area contributed by atoms with Crippen molar-refractivity contribution in [1.29, 1.82) is 0 Å². The summed E-state index contributed by atoms with van der Waals surface area (Å²) in [5, 5.41) is 7.45. The van der Waals surface area contributed by atoms with Crippen LogP contribution in [0.15, 0.2) is 24.4 Å². The summed E-state index contributed by atoms with van der Waals surface area (Å²) in [5.41, 5.74) is 4.06. The SMILES string of the molecule is CCNC(Cc1cc(C)ccc1C)c1cnns1. The largest absolute Gasteiger partial charge is 0.309 e. The maximum atomic E-state index is 3.96. The summed E-state index contributed by atoms with van der Waals surface area (Å²) < 4.78 is 3.96. The van der Waals surface area contributed by atoms with Crippen molar-refractivity contribution >= 4 is 11.5 Å². The summed E-state index contributed by atoms with van der Waals surface area (Å²) in [4.78, 5) is 1.21. The fraction of sp³-hybridized carbons (Fsp3) is 0.429. The quantitative estimate of drug-likeness (QED) is 0.899. The molecule has 2 aromatic rings. The van der Waals surface area contributed by atoms with Gasteiger partial charge in [0, 0.05) is 6.04 Å². The van der Waals surface area contributed by atoms with Gasteiger partial charge in [-0.05, 0) is 49.5 Å². The number of hydrogen-bond donors (Lipinski definition) is 1. The van der Waals surface area contributed by atoms with Crippen LogP contribution in [0.3, 0.4) is 0 Å². The molecular formula is C14H19N3S. The Hall–Kier alpha value is -1.26. The van der Waals surface area contributed by atoms with Gasteiger partial charge in [0.15, 0.2) is 0 Å². The van der Waals surface area contributed by atoms with Crippen molar-refractivity contribution < 1.29 is 0 Å². The third-order valence-corrected chi connectivity index (χ3v) is 3.88. The van der Waals surface area contributed by atoms with Gasteiger partial charge < -0.3 is 5.32 Å². The highest BCUT2D eigenvalue weighted by molar-refractivity contribution is 7.05. The van der Waals surface area contributed by atoms with Crippen LogP contribution in [0.5, 0.6) is 0 Å². The summed E-state index contributed by atoms with van der Waals surface area (Å²) in [6, 6.07) is 6.94. The second-order valence-electron chi connectivity index (χ2n) is 4.56. The Kier molecular flexibility index (Phi) is 4.44. The summed E-state index contributed by atoms with van der Waals surface area (Å²) in [5.74, 6) is 0. The number of nitrogens with one attached hydrogen (secondary N) is 1. The van der Waals surface area contributed by atoms with Gasteiger partial charge >= 0.3 is 0 Å². The molecule has 96 valence electrons. The van der Waals surface area contributed by atoms with Gasteiger partial charge in [0.2, 0.25) is 0 Å². The molecule has 0 amide bonds. The van der Waals surface area contributed by atoms with Crippen LogP contribution < -0.4 is 5.32 Å². The molecule has 1 N–H and O–H groups in total. The average molecular weight is 261 g/mol. The third-order valence-electron chi connectivity index (χ3n) is 3.10. The highest BCUT2D eigenvalue weighted by Crippen LogP contribution is 2.22. The van der Waals surface area contributed by atoms with E-state index in [1.54, 1.807) is 0 Å². The van der Waals surface area contributed by atoms with Gasteiger partial charge in [-0.15, -0.1) is 5.10 Å². The first kappa shape index (κ1) is 13.2. The topological polar surface area (TPSA) is 37.8 Å². The Bertz CT molecular complexity index is 494. The summed E-state index contributed by atoms with van der Waals surface area (Å²) >= 11 is 1.48. The summed E-state index contributed by atoms with van der Waals surface area (Å²) in [7, 11) is 0. The molecule has 0 aliphatic rings. The first-order valence-electron chi connectivity index (χ1n) is 6.27. The number of hydrogen-bond acceptors (Lipinski definition) is 4. The molecule has 1 aromatic carbocycles. The Morgan fingerprint density at radius 2 is 2.17 bits per heavy atom. The Morgan fingerprint density at radius 1 is 1.33 bits per heavy atom. The Labute approximate surface area is 112 Å². The molecule has 0 spiro atoms. The number of benzene rings is 1. The lowest BCUT2D eigenvalue weighted by atomic mass is 9.98. The molecule has 0 aliphatic carbocycles. The van der Waals surface area contributed by atoms with Crippen LogP contribution in [-0.4, -0.2) is 16.1 Å². The van der Waals surface area contributed by atoms with E-state index in [0.29, 0.717) is 6.04 Å². The van der Waals surface area contributed by atoms with Crippen LogP contribution >= 0.6 is 11.5 Å². The van der Waals surface area contributed by atoms with E-state index in [1.165, 1.54) is 33.1 Å². The molecule has 0 saturated heterocycles. The van der Waals surface area contributed by atoms with Gasteiger partial charge in [-0.3, -0.25) is 0 Å². The van der Waals surface area contributed by atoms with E-state index in [1.807, 2.05) is 6.20 Å². The highest BCUT2D eigenvalue weighted by Gasteiger charge is 2.14. The van der Waals surface area contributed by atoms with Gasteiger partial charge in [0.1, 0.15) is 0 Å². The second kappa shape index (κ2) is 6.07. The van der Waals surface area contributed by atoms with Crippen molar-refractivity contribution in [2.75, 3.05) is 6.54 Å². The molecule has 2 rings (SSSR count). The smallest absolute Gasteiger partial charge is 0.0669 e. The number of aryl methyl sites for hydroxylation is 2. The van der Waals surface area contributed by atoms with Gasteiger partial charge in [-0.2, -0.15) is 0 Å². The van der Waals surface area contributed by atoms with Crippen LogP contribution in [0, 0.1) is 13.8 Å². The molecule has 1 unspecified atom stereocenters. The van der Waals surface area contributed by atoms with E-state index in [-0.39, 0.29) is 0 Å². The van der Waals surface area contributed by atoms with Crippen molar-refractivity contribution in [2.24, 2.45) is 0 Å². The van der Waals surface area contributed by atoms with Crippen LogP contribution in [-0.2, 0) is 6.42 Å². The van der Waals surface area contributed by atoms with Gasteiger partial charge in [-0.25, -0.2) is 0 Å². The molecule has 3 nitrogen and oxygen atoms in total. The monoisotopic (exact) mass is 261 g/mol. The van der Waals surface area contributed by atoms with E-state index < -0.39 is 0 Å².